The Kier molecular flexibility index (Phi) is 8.80. The van der Waals surface area contributed by atoms with Gasteiger partial charge in [0, 0.05) is 19.2 Å². The molecular formula is C28H29FN2O7. The van der Waals surface area contributed by atoms with Gasteiger partial charge in [-0.3, -0.25) is 9.59 Å². The van der Waals surface area contributed by atoms with E-state index in [1.165, 1.54) is 57.5 Å². The molecule has 0 spiro atoms. The van der Waals surface area contributed by atoms with Crippen LogP contribution in [0, 0.1) is 12.7 Å². The molecule has 2 aromatic carbocycles. The van der Waals surface area contributed by atoms with Crippen LogP contribution in [0.1, 0.15) is 48.0 Å². The zero-order chi connectivity index (χ0) is 28.0. The fourth-order valence-corrected chi connectivity index (χ4v) is 3.83. The molecule has 0 bridgehead atoms. The normalized spacial score (nSPS) is 14.0. The molecule has 1 unspecified atom stereocenters. The van der Waals surface area contributed by atoms with Crippen LogP contribution in [0.2, 0.25) is 0 Å². The number of aromatic nitrogens is 1. The Morgan fingerprint density at radius 2 is 1.58 bits per heavy atom. The Bertz CT molecular complexity index is 1260. The first kappa shape index (κ1) is 28.3. The number of pyridine rings is 1. The van der Waals surface area contributed by atoms with Gasteiger partial charge in [0.1, 0.15) is 18.0 Å². The minimum Gasteiger partial charge on any atom is -0.493 e. The number of amides is 1. The van der Waals surface area contributed by atoms with Gasteiger partial charge in [0.2, 0.25) is 5.75 Å². The second-order valence-corrected chi connectivity index (χ2v) is 8.70. The number of benzene rings is 2. The van der Waals surface area contributed by atoms with Crippen molar-refractivity contribution >= 4 is 17.8 Å². The molecule has 0 saturated carbocycles. The fraction of sp³-hybridized carbons (Fsp3) is 0.286. The van der Waals surface area contributed by atoms with Crippen LogP contribution >= 0.6 is 0 Å². The molecule has 1 heterocycles. The molecule has 3 rings (SSSR count). The lowest BCUT2D eigenvalue weighted by Crippen LogP contribution is -2.46. The molecule has 10 heteroatoms. The summed E-state index contributed by atoms with van der Waals surface area (Å²) in [6.45, 7) is 5.93. The standard InChI is InChI=1S/C28H29FN2O7/c1-16-6-8-20(9-7-16)28(35,21-10-12-22(29)13-11-21)18(3)37-27(34)17(2)31-26(33)24-25(38-19(4)32)23(36-5)14-15-30-24/h6-15,17-18,35H,1-5H3,(H,31,33)/t17-,18-,28?/m1/s1. The van der Waals surface area contributed by atoms with Crippen molar-refractivity contribution < 1.29 is 38.1 Å². The van der Waals surface area contributed by atoms with Gasteiger partial charge in [0.15, 0.2) is 17.0 Å². The van der Waals surface area contributed by atoms with E-state index in [0.717, 1.165) is 12.5 Å². The monoisotopic (exact) mass is 524 g/mol. The number of esters is 2. The zero-order valence-electron chi connectivity index (χ0n) is 21.7. The van der Waals surface area contributed by atoms with Gasteiger partial charge in [0.05, 0.1) is 7.11 Å². The summed E-state index contributed by atoms with van der Waals surface area (Å²) in [7, 11) is 1.34. The van der Waals surface area contributed by atoms with Gasteiger partial charge in [-0.15, -0.1) is 0 Å². The number of halogens is 1. The van der Waals surface area contributed by atoms with Crippen molar-refractivity contribution in [1.82, 2.24) is 10.3 Å². The lowest BCUT2D eigenvalue weighted by Gasteiger charge is -2.35. The highest BCUT2D eigenvalue weighted by Crippen LogP contribution is 2.35. The van der Waals surface area contributed by atoms with Crippen LogP contribution in [0.15, 0.2) is 60.8 Å². The second-order valence-electron chi connectivity index (χ2n) is 8.70. The van der Waals surface area contributed by atoms with E-state index in [9.17, 15) is 23.9 Å². The fourth-order valence-electron chi connectivity index (χ4n) is 3.83. The minimum absolute atomic E-state index is 0.103. The molecule has 200 valence electrons. The van der Waals surface area contributed by atoms with Crippen molar-refractivity contribution in [1.29, 1.82) is 0 Å². The van der Waals surface area contributed by atoms with Crippen molar-refractivity contribution in [3.05, 3.63) is 89.0 Å². The first-order valence-corrected chi connectivity index (χ1v) is 11.8. The van der Waals surface area contributed by atoms with Crippen molar-refractivity contribution in [3.8, 4) is 11.5 Å². The first-order chi connectivity index (χ1) is 18.0. The van der Waals surface area contributed by atoms with Gasteiger partial charge in [-0.05, 0) is 44.0 Å². The number of aryl methyl sites for hydroxylation is 1. The third-order valence-corrected chi connectivity index (χ3v) is 5.91. The van der Waals surface area contributed by atoms with Crippen molar-refractivity contribution in [2.45, 2.75) is 45.4 Å². The van der Waals surface area contributed by atoms with Crippen LogP contribution in [-0.2, 0) is 19.9 Å². The highest BCUT2D eigenvalue weighted by Gasteiger charge is 2.41. The van der Waals surface area contributed by atoms with Crippen molar-refractivity contribution in [2.24, 2.45) is 0 Å². The molecule has 0 aliphatic carbocycles. The number of methoxy groups -OCH3 is 1. The van der Waals surface area contributed by atoms with Gasteiger partial charge >= 0.3 is 11.9 Å². The molecule has 9 nitrogen and oxygen atoms in total. The SMILES string of the molecule is COc1ccnc(C(=O)N[C@H](C)C(=O)O[C@H](C)C(O)(c2ccc(C)cc2)c2ccc(F)cc2)c1OC(C)=O. The smallest absolute Gasteiger partial charge is 0.328 e. The molecule has 0 saturated heterocycles. The van der Waals surface area contributed by atoms with E-state index in [-0.39, 0.29) is 17.2 Å². The molecule has 0 aliphatic heterocycles. The predicted octanol–water partition coefficient (Wildman–Crippen LogP) is 3.45. The Balaban J connectivity index is 1.83. The van der Waals surface area contributed by atoms with Crippen LogP contribution in [0.5, 0.6) is 11.5 Å². The Hall–Kier alpha value is -4.31. The average Bonchev–Trinajstić information content (AvgIpc) is 2.88. The number of ether oxygens (including phenoxy) is 3. The van der Waals surface area contributed by atoms with Gasteiger partial charge in [0.25, 0.3) is 5.91 Å². The Morgan fingerprint density at radius 1 is 1.00 bits per heavy atom. The number of hydrogen-bond donors (Lipinski definition) is 2. The van der Waals surface area contributed by atoms with Crippen LogP contribution < -0.4 is 14.8 Å². The molecule has 0 radical (unpaired) electrons. The van der Waals surface area contributed by atoms with E-state index in [4.69, 9.17) is 14.2 Å². The number of rotatable bonds is 9. The largest absolute Gasteiger partial charge is 0.493 e. The summed E-state index contributed by atoms with van der Waals surface area (Å²) in [6, 6.07) is 12.4. The van der Waals surface area contributed by atoms with E-state index in [1.807, 2.05) is 6.92 Å². The number of hydrogen-bond acceptors (Lipinski definition) is 8. The molecule has 3 atom stereocenters. The van der Waals surface area contributed by atoms with Gasteiger partial charge < -0.3 is 24.6 Å². The number of aliphatic hydroxyl groups is 1. The van der Waals surface area contributed by atoms with Crippen LogP contribution in [0.3, 0.4) is 0 Å². The average molecular weight is 525 g/mol. The molecule has 2 N–H and O–H groups in total. The number of carbonyl (C=O) groups excluding carboxylic acids is 3. The highest BCUT2D eigenvalue weighted by atomic mass is 19.1. The number of nitrogens with one attached hydrogen (secondary N) is 1. The quantitative estimate of drug-likeness (QED) is 0.408. The maximum atomic E-state index is 13.6. The summed E-state index contributed by atoms with van der Waals surface area (Å²) in [5.41, 5.74) is -0.396. The third kappa shape index (κ3) is 6.15. The van der Waals surface area contributed by atoms with Gasteiger partial charge in [-0.25, -0.2) is 14.2 Å². The first-order valence-electron chi connectivity index (χ1n) is 11.8. The van der Waals surface area contributed by atoms with Gasteiger partial charge in [-0.1, -0.05) is 42.0 Å². The summed E-state index contributed by atoms with van der Waals surface area (Å²) >= 11 is 0. The van der Waals surface area contributed by atoms with Crippen LogP contribution in [0.4, 0.5) is 4.39 Å². The summed E-state index contributed by atoms with van der Waals surface area (Å²) in [5.74, 6) is -2.94. The molecule has 1 amide bonds. The molecule has 3 aromatic rings. The molecule has 0 aliphatic rings. The van der Waals surface area contributed by atoms with E-state index >= 15 is 0 Å². The summed E-state index contributed by atoms with van der Waals surface area (Å²) in [5, 5.41) is 14.3. The maximum Gasteiger partial charge on any atom is 0.328 e. The topological polar surface area (TPSA) is 124 Å². The van der Waals surface area contributed by atoms with E-state index in [1.54, 1.807) is 24.3 Å². The van der Waals surface area contributed by atoms with E-state index in [0.29, 0.717) is 11.1 Å². The van der Waals surface area contributed by atoms with Crippen molar-refractivity contribution in [2.75, 3.05) is 7.11 Å². The van der Waals surface area contributed by atoms with Gasteiger partial charge in [-0.2, -0.15) is 0 Å². The molecule has 38 heavy (non-hydrogen) atoms. The number of carbonyl (C=O) groups is 3. The highest BCUT2D eigenvalue weighted by molar-refractivity contribution is 5.98. The van der Waals surface area contributed by atoms with Crippen LogP contribution in [-0.4, -0.2) is 47.2 Å². The maximum absolute atomic E-state index is 13.6. The molecular weight excluding hydrogens is 495 g/mol. The van der Waals surface area contributed by atoms with E-state index < -0.39 is 41.4 Å². The predicted molar refractivity (Wildman–Crippen MR) is 135 cm³/mol. The Labute approximate surface area is 219 Å². The Morgan fingerprint density at radius 3 is 2.13 bits per heavy atom. The second kappa shape index (κ2) is 11.8. The minimum atomic E-state index is -1.82. The zero-order valence-corrected chi connectivity index (χ0v) is 21.7. The third-order valence-electron chi connectivity index (χ3n) is 5.91. The lowest BCUT2D eigenvalue weighted by molar-refractivity contribution is -0.162. The molecule has 1 aromatic heterocycles. The van der Waals surface area contributed by atoms with E-state index in [2.05, 4.69) is 10.3 Å². The van der Waals surface area contributed by atoms with Crippen LogP contribution in [0.25, 0.3) is 0 Å². The molecule has 0 fully saturated rings. The lowest BCUT2D eigenvalue weighted by atomic mass is 9.82. The summed E-state index contributed by atoms with van der Waals surface area (Å²) < 4.78 is 29.4. The summed E-state index contributed by atoms with van der Waals surface area (Å²) in [6.07, 6.45) is 0.144. The summed E-state index contributed by atoms with van der Waals surface area (Å²) in [4.78, 5) is 41.4. The van der Waals surface area contributed by atoms with Crippen molar-refractivity contribution in [3.63, 3.8) is 0 Å². The number of nitrogens with zero attached hydrogens (tertiary/aromatic N) is 1.